The van der Waals surface area contributed by atoms with Crippen LogP contribution in [-0.2, 0) is 0 Å². The molecule has 3 rings (SSSR count). The minimum Gasteiger partial charge on any atom is -0.355 e. The fraction of sp³-hybridized carbons (Fsp3) is 0.222. The number of carbonyl (C=O) groups excluding carboxylic acids is 2. The van der Waals surface area contributed by atoms with Gasteiger partial charge in [-0.05, 0) is 36.9 Å². The zero-order chi connectivity index (χ0) is 19.2. The molecule has 0 aliphatic heterocycles. The van der Waals surface area contributed by atoms with Crippen LogP contribution in [0.1, 0.15) is 33.0 Å². The number of rotatable bonds is 7. The highest BCUT2D eigenvalue weighted by atomic mass is 32.1. The van der Waals surface area contributed by atoms with Crippen LogP contribution in [0.5, 0.6) is 0 Å². The molecule has 140 valence electrons. The Morgan fingerprint density at radius 2 is 1.96 bits per heavy atom. The van der Waals surface area contributed by atoms with Crippen molar-refractivity contribution in [1.29, 1.82) is 0 Å². The van der Waals surface area contributed by atoms with E-state index in [-0.39, 0.29) is 17.2 Å². The molecular formula is C18H18N4O4S. The second-order valence-electron chi connectivity index (χ2n) is 5.80. The first kappa shape index (κ1) is 18.6. The van der Waals surface area contributed by atoms with E-state index in [2.05, 4.69) is 20.8 Å². The van der Waals surface area contributed by atoms with Crippen molar-refractivity contribution in [3.8, 4) is 10.6 Å². The Kier molecular flexibility index (Phi) is 5.82. The van der Waals surface area contributed by atoms with E-state index in [0.29, 0.717) is 31.0 Å². The number of pyridine rings is 1. The van der Waals surface area contributed by atoms with Crippen LogP contribution in [0.3, 0.4) is 0 Å². The van der Waals surface area contributed by atoms with Gasteiger partial charge in [-0.2, -0.15) is 0 Å². The van der Waals surface area contributed by atoms with Crippen LogP contribution in [0.25, 0.3) is 10.6 Å². The summed E-state index contributed by atoms with van der Waals surface area (Å²) in [6, 6.07) is 8.52. The molecule has 3 heterocycles. The molecule has 0 saturated carbocycles. The molecule has 0 bridgehead atoms. The van der Waals surface area contributed by atoms with Crippen molar-refractivity contribution in [2.24, 2.45) is 0 Å². The summed E-state index contributed by atoms with van der Waals surface area (Å²) in [6.45, 7) is 2.42. The van der Waals surface area contributed by atoms with E-state index in [1.165, 1.54) is 17.4 Å². The third kappa shape index (κ3) is 4.70. The van der Waals surface area contributed by atoms with Crippen LogP contribution in [0.15, 0.2) is 45.0 Å². The minimum absolute atomic E-state index is 0.0633. The predicted molar refractivity (Wildman–Crippen MR) is 101 cm³/mol. The van der Waals surface area contributed by atoms with E-state index in [1.54, 1.807) is 19.1 Å². The van der Waals surface area contributed by atoms with Crippen molar-refractivity contribution >= 4 is 23.2 Å². The van der Waals surface area contributed by atoms with Crippen molar-refractivity contribution in [2.75, 3.05) is 13.1 Å². The normalized spacial score (nSPS) is 10.6. The van der Waals surface area contributed by atoms with Gasteiger partial charge in [0, 0.05) is 24.8 Å². The molecule has 3 N–H and O–H groups in total. The van der Waals surface area contributed by atoms with Gasteiger partial charge < -0.3 is 20.1 Å². The lowest BCUT2D eigenvalue weighted by molar-refractivity contribution is 0.0944. The second kappa shape index (κ2) is 8.45. The maximum Gasteiger partial charge on any atom is 0.273 e. The van der Waals surface area contributed by atoms with Gasteiger partial charge in [0.25, 0.3) is 17.4 Å². The highest BCUT2D eigenvalue weighted by Crippen LogP contribution is 2.24. The number of amides is 2. The van der Waals surface area contributed by atoms with Crippen molar-refractivity contribution < 1.29 is 14.1 Å². The zero-order valence-corrected chi connectivity index (χ0v) is 15.4. The molecule has 27 heavy (non-hydrogen) atoms. The molecule has 0 fully saturated rings. The van der Waals surface area contributed by atoms with Gasteiger partial charge in [-0.25, -0.2) is 0 Å². The van der Waals surface area contributed by atoms with E-state index in [9.17, 15) is 14.4 Å². The first-order valence-corrected chi connectivity index (χ1v) is 9.19. The van der Waals surface area contributed by atoms with Crippen LogP contribution >= 0.6 is 11.3 Å². The molecule has 0 aliphatic carbocycles. The Bertz CT molecular complexity index is 991. The summed E-state index contributed by atoms with van der Waals surface area (Å²) in [4.78, 5) is 39.2. The quantitative estimate of drug-likeness (QED) is 0.537. The summed E-state index contributed by atoms with van der Waals surface area (Å²) < 4.78 is 5.17. The molecule has 0 unspecified atom stereocenters. The molecule has 2 amide bonds. The van der Waals surface area contributed by atoms with E-state index >= 15 is 0 Å². The maximum absolute atomic E-state index is 12.1. The first-order chi connectivity index (χ1) is 13.0. The van der Waals surface area contributed by atoms with Gasteiger partial charge in [0.05, 0.1) is 4.88 Å². The van der Waals surface area contributed by atoms with Crippen molar-refractivity contribution in [3.63, 3.8) is 0 Å². The zero-order valence-electron chi connectivity index (χ0n) is 14.6. The summed E-state index contributed by atoms with van der Waals surface area (Å²) in [6.07, 6.45) is 0.511. The van der Waals surface area contributed by atoms with Crippen molar-refractivity contribution in [2.45, 2.75) is 13.3 Å². The summed E-state index contributed by atoms with van der Waals surface area (Å²) >= 11 is 1.50. The average Bonchev–Trinajstić information content (AvgIpc) is 3.32. The van der Waals surface area contributed by atoms with Crippen LogP contribution < -0.4 is 16.2 Å². The van der Waals surface area contributed by atoms with Gasteiger partial charge in [-0.3, -0.25) is 14.4 Å². The molecule has 0 atom stereocenters. The first-order valence-electron chi connectivity index (χ1n) is 8.31. The highest BCUT2D eigenvalue weighted by molar-refractivity contribution is 7.13. The monoisotopic (exact) mass is 386 g/mol. The predicted octanol–water partition coefficient (Wildman–Crippen LogP) is 1.95. The molecule has 3 aromatic rings. The maximum atomic E-state index is 12.1. The Morgan fingerprint density at radius 1 is 1.19 bits per heavy atom. The number of aromatic nitrogens is 2. The standard InChI is InChI=1S/C18H18N4O4S/c1-11-5-6-12(17(24)21-11)16(23)19-7-3-8-20-18(25)13-10-14(26-22-13)15-4-2-9-27-15/h2,4-6,9-10H,3,7-8H2,1H3,(H,19,23)(H,20,25)(H,21,24). The number of nitrogens with one attached hydrogen (secondary N) is 3. The average molecular weight is 386 g/mol. The van der Waals surface area contributed by atoms with E-state index in [1.807, 2.05) is 17.5 Å². The number of thiophene rings is 1. The lowest BCUT2D eigenvalue weighted by atomic mass is 10.2. The third-order valence-corrected chi connectivity index (χ3v) is 4.62. The van der Waals surface area contributed by atoms with Gasteiger partial charge in [-0.1, -0.05) is 11.2 Å². The summed E-state index contributed by atoms with van der Waals surface area (Å²) in [5, 5.41) is 11.0. The largest absolute Gasteiger partial charge is 0.355 e. The number of H-pyrrole nitrogens is 1. The van der Waals surface area contributed by atoms with Crippen LogP contribution in [0.4, 0.5) is 0 Å². The Labute approximate surface area is 158 Å². The molecule has 9 heteroatoms. The number of aromatic amines is 1. The van der Waals surface area contributed by atoms with Crippen LogP contribution in [-0.4, -0.2) is 35.0 Å². The molecule has 8 nitrogen and oxygen atoms in total. The van der Waals surface area contributed by atoms with Gasteiger partial charge in [0.2, 0.25) is 0 Å². The number of aryl methyl sites for hydroxylation is 1. The SMILES string of the molecule is Cc1ccc(C(=O)NCCCNC(=O)c2cc(-c3cccs3)on2)c(=O)[nH]1. The summed E-state index contributed by atoms with van der Waals surface area (Å²) in [7, 11) is 0. The number of hydrogen-bond acceptors (Lipinski definition) is 6. The van der Waals surface area contributed by atoms with Gasteiger partial charge in [-0.15, -0.1) is 11.3 Å². The van der Waals surface area contributed by atoms with Gasteiger partial charge >= 0.3 is 0 Å². The lowest BCUT2D eigenvalue weighted by Gasteiger charge is -2.06. The Balaban J connectivity index is 1.42. The number of hydrogen-bond donors (Lipinski definition) is 3. The molecule has 0 aromatic carbocycles. The molecule has 3 aromatic heterocycles. The van der Waals surface area contributed by atoms with E-state index < -0.39 is 11.5 Å². The Hall–Kier alpha value is -3.20. The van der Waals surface area contributed by atoms with E-state index in [0.717, 1.165) is 4.88 Å². The summed E-state index contributed by atoms with van der Waals surface area (Å²) in [5.41, 5.74) is 0.532. The molecule has 0 aliphatic rings. The Morgan fingerprint density at radius 3 is 2.67 bits per heavy atom. The smallest absolute Gasteiger partial charge is 0.273 e. The van der Waals surface area contributed by atoms with E-state index in [4.69, 9.17) is 4.52 Å². The highest BCUT2D eigenvalue weighted by Gasteiger charge is 2.14. The third-order valence-electron chi connectivity index (χ3n) is 3.73. The van der Waals surface area contributed by atoms with Gasteiger partial charge in [0.15, 0.2) is 11.5 Å². The summed E-state index contributed by atoms with van der Waals surface area (Å²) in [5.74, 6) is -0.242. The second-order valence-corrected chi connectivity index (χ2v) is 6.75. The molecule has 0 saturated heterocycles. The fourth-order valence-corrected chi connectivity index (χ4v) is 3.02. The van der Waals surface area contributed by atoms with Crippen LogP contribution in [0, 0.1) is 6.92 Å². The van der Waals surface area contributed by atoms with Crippen molar-refractivity contribution in [1.82, 2.24) is 20.8 Å². The van der Waals surface area contributed by atoms with Crippen LogP contribution in [0.2, 0.25) is 0 Å². The molecule has 0 spiro atoms. The molecular weight excluding hydrogens is 368 g/mol. The van der Waals surface area contributed by atoms with Crippen molar-refractivity contribution in [3.05, 3.63) is 63.0 Å². The number of nitrogens with zero attached hydrogens (tertiary/aromatic N) is 1. The molecule has 0 radical (unpaired) electrons. The topological polar surface area (TPSA) is 117 Å². The minimum atomic E-state index is -0.445. The lowest BCUT2D eigenvalue weighted by Crippen LogP contribution is -2.32. The fourth-order valence-electron chi connectivity index (χ4n) is 2.35. The number of carbonyl (C=O) groups is 2. The van der Waals surface area contributed by atoms with Gasteiger partial charge in [0.1, 0.15) is 5.56 Å².